The van der Waals surface area contributed by atoms with Crippen LogP contribution in [0.25, 0.3) is 0 Å². The van der Waals surface area contributed by atoms with Crippen molar-refractivity contribution in [2.45, 2.75) is 33.1 Å². The van der Waals surface area contributed by atoms with Crippen molar-refractivity contribution in [2.24, 2.45) is 0 Å². The van der Waals surface area contributed by atoms with Gasteiger partial charge in [0.05, 0.1) is 11.4 Å². The van der Waals surface area contributed by atoms with E-state index >= 15 is 0 Å². The van der Waals surface area contributed by atoms with E-state index in [1.807, 2.05) is 42.5 Å². The molecule has 3 N–H and O–H groups in total. The van der Waals surface area contributed by atoms with Gasteiger partial charge in [-0.3, -0.25) is 4.79 Å². The summed E-state index contributed by atoms with van der Waals surface area (Å²) < 4.78 is 0. The molecule has 0 bridgehead atoms. The van der Waals surface area contributed by atoms with Crippen LogP contribution in [-0.2, 0) is 5.41 Å². The Kier molecular flexibility index (Phi) is 5.94. The van der Waals surface area contributed by atoms with Crippen LogP contribution < -0.4 is 16.0 Å². The van der Waals surface area contributed by atoms with E-state index in [1.54, 1.807) is 0 Å². The van der Waals surface area contributed by atoms with Crippen LogP contribution in [0.2, 0.25) is 0 Å². The minimum absolute atomic E-state index is 0.0662. The number of nitrogens with zero attached hydrogens (tertiary/aromatic N) is 2. The van der Waals surface area contributed by atoms with Crippen molar-refractivity contribution in [1.29, 1.82) is 0 Å². The number of piperazine rings is 1. The van der Waals surface area contributed by atoms with Crippen molar-refractivity contribution in [3.8, 4) is 0 Å². The summed E-state index contributed by atoms with van der Waals surface area (Å²) in [6.07, 6.45) is 0. The van der Waals surface area contributed by atoms with Gasteiger partial charge in [0.15, 0.2) is 0 Å². The second-order valence-electron chi connectivity index (χ2n) is 8.48. The molecule has 0 radical (unpaired) electrons. The number of nitrogens with one attached hydrogen (secondary N) is 1. The van der Waals surface area contributed by atoms with E-state index in [-0.39, 0.29) is 11.3 Å². The summed E-state index contributed by atoms with van der Waals surface area (Å²) in [5.74, 6) is -0.112. The number of likely N-dealkylation sites (N-methyl/N-ethyl adjacent to an activating group) is 1. The van der Waals surface area contributed by atoms with Crippen LogP contribution >= 0.6 is 0 Å². The first kappa shape index (κ1) is 20.2. The average molecular weight is 381 g/mol. The molecule has 0 aliphatic carbocycles. The summed E-state index contributed by atoms with van der Waals surface area (Å²) >= 11 is 0. The second kappa shape index (κ2) is 8.23. The molecule has 1 aliphatic heterocycles. The van der Waals surface area contributed by atoms with Crippen molar-refractivity contribution in [3.05, 3.63) is 53.6 Å². The third-order valence-corrected chi connectivity index (χ3v) is 5.44. The SMILES string of the molecule is CCN1CCN(c2ccc(N)cc2NC(=O)c2ccc(C(C)(C)C)cc2)CC1. The van der Waals surface area contributed by atoms with Gasteiger partial charge in [0, 0.05) is 37.4 Å². The summed E-state index contributed by atoms with van der Waals surface area (Å²) in [7, 11) is 0. The summed E-state index contributed by atoms with van der Waals surface area (Å²) in [5.41, 5.74) is 10.4. The molecule has 28 heavy (non-hydrogen) atoms. The zero-order valence-corrected chi connectivity index (χ0v) is 17.5. The summed E-state index contributed by atoms with van der Waals surface area (Å²) in [6, 6.07) is 13.6. The molecule has 3 rings (SSSR count). The minimum atomic E-state index is -0.112. The first-order chi connectivity index (χ1) is 13.3. The Morgan fingerprint density at radius 3 is 2.25 bits per heavy atom. The van der Waals surface area contributed by atoms with Gasteiger partial charge in [0.25, 0.3) is 5.91 Å². The molecule has 1 heterocycles. The molecule has 1 fully saturated rings. The molecule has 150 valence electrons. The lowest BCUT2D eigenvalue weighted by Gasteiger charge is -2.36. The number of carbonyl (C=O) groups excluding carboxylic acids is 1. The Morgan fingerprint density at radius 1 is 1.04 bits per heavy atom. The normalized spacial score (nSPS) is 15.5. The Hall–Kier alpha value is -2.53. The maximum atomic E-state index is 12.8. The van der Waals surface area contributed by atoms with Gasteiger partial charge >= 0.3 is 0 Å². The van der Waals surface area contributed by atoms with Crippen LogP contribution in [0.4, 0.5) is 17.1 Å². The van der Waals surface area contributed by atoms with Gasteiger partial charge in [-0.05, 0) is 47.9 Å². The predicted octanol–water partition coefficient (Wildman–Crippen LogP) is 3.96. The Morgan fingerprint density at radius 2 is 1.68 bits per heavy atom. The molecular weight excluding hydrogens is 348 g/mol. The summed E-state index contributed by atoms with van der Waals surface area (Å²) in [5, 5.41) is 3.07. The predicted molar refractivity (Wildman–Crippen MR) is 118 cm³/mol. The van der Waals surface area contributed by atoms with Crippen LogP contribution in [0.1, 0.15) is 43.6 Å². The van der Waals surface area contributed by atoms with Crippen molar-refractivity contribution < 1.29 is 4.79 Å². The molecule has 0 unspecified atom stereocenters. The van der Waals surface area contributed by atoms with Crippen LogP contribution in [0, 0.1) is 0 Å². The van der Waals surface area contributed by atoms with Crippen LogP contribution in [0.5, 0.6) is 0 Å². The first-order valence-corrected chi connectivity index (χ1v) is 10.1. The maximum absolute atomic E-state index is 12.8. The number of nitrogen functional groups attached to an aromatic ring is 1. The fourth-order valence-electron chi connectivity index (χ4n) is 3.55. The highest BCUT2D eigenvalue weighted by Crippen LogP contribution is 2.30. The monoisotopic (exact) mass is 380 g/mol. The number of anilines is 3. The van der Waals surface area contributed by atoms with Gasteiger partial charge < -0.3 is 20.9 Å². The molecule has 2 aromatic rings. The topological polar surface area (TPSA) is 61.6 Å². The standard InChI is InChI=1S/C23H32N4O/c1-5-26-12-14-27(15-13-26)21-11-10-19(24)16-20(21)25-22(28)17-6-8-18(9-7-17)23(2,3)4/h6-11,16H,5,12-15,24H2,1-4H3,(H,25,28). The first-order valence-electron chi connectivity index (χ1n) is 10.1. The molecule has 5 nitrogen and oxygen atoms in total. The van der Waals surface area contributed by atoms with Gasteiger partial charge in [0.2, 0.25) is 0 Å². The van der Waals surface area contributed by atoms with E-state index in [1.165, 1.54) is 5.56 Å². The largest absolute Gasteiger partial charge is 0.399 e. The minimum Gasteiger partial charge on any atom is -0.399 e. The Balaban J connectivity index is 1.78. The number of hydrogen-bond acceptors (Lipinski definition) is 4. The number of nitrogens with two attached hydrogens (primary N) is 1. The quantitative estimate of drug-likeness (QED) is 0.788. The van der Waals surface area contributed by atoms with Crippen LogP contribution in [0.3, 0.4) is 0 Å². The third kappa shape index (κ3) is 4.65. The lowest BCUT2D eigenvalue weighted by atomic mass is 9.87. The number of hydrogen-bond donors (Lipinski definition) is 2. The number of benzene rings is 2. The highest BCUT2D eigenvalue weighted by atomic mass is 16.1. The molecule has 1 aliphatic rings. The van der Waals surface area contributed by atoms with Gasteiger partial charge in [-0.25, -0.2) is 0 Å². The smallest absolute Gasteiger partial charge is 0.255 e. The van der Waals surface area contributed by atoms with Crippen molar-refractivity contribution in [3.63, 3.8) is 0 Å². The molecule has 1 amide bonds. The maximum Gasteiger partial charge on any atom is 0.255 e. The lowest BCUT2D eigenvalue weighted by Crippen LogP contribution is -2.46. The van der Waals surface area contributed by atoms with Gasteiger partial charge in [0.1, 0.15) is 0 Å². The lowest BCUT2D eigenvalue weighted by molar-refractivity contribution is 0.102. The number of rotatable bonds is 4. The van der Waals surface area contributed by atoms with Gasteiger partial charge in [-0.2, -0.15) is 0 Å². The average Bonchev–Trinajstić information content (AvgIpc) is 2.68. The van der Waals surface area contributed by atoms with Gasteiger partial charge in [-0.1, -0.05) is 39.8 Å². The summed E-state index contributed by atoms with van der Waals surface area (Å²) in [6.45, 7) is 13.7. The zero-order chi connectivity index (χ0) is 20.3. The van der Waals surface area contributed by atoms with E-state index in [0.717, 1.165) is 44.1 Å². The fourth-order valence-corrected chi connectivity index (χ4v) is 3.55. The highest BCUT2D eigenvalue weighted by Gasteiger charge is 2.20. The van der Waals surface area contributed by atoms with E-state index in [2.05, 4.69) is 42.8 Å². The van der Waals surface area contributed by atoms with Crippen molar-refractivity contribution in [2.75, 3.05) is 48.7 Å². The molecule has 0 aromatic heterocycles. The van der Waals surface area contributed by atoms with Gasteiger partial charge in [-0.15, -0.1) is 0 Å². The second-order valence-corrected chi connectivity index (χ2v) is 8.48. The Labute approximate surface area is 168 Å². The van der Waals surface area contributed by atoms with Crippen LogP contribution in [-0.4, -0.2) is 43.5 Å². The molecule has 0 saturated carbocycles. The van der Waals surface area contributed by atoms with E-state index < -0.39 is 0 Å². The van der Waals surface area contributed by atoms with Crippen molar-refractivity contribution in [1.82, 2.24) is 4.90 Å². The molecular formula is C23H32N4O. The highest BCUT2D eigenvalue weighted by molar-refractivity contribution is 6.06. The number of amides is 1. The number of carbonyl (C=O) groups is 1. The summed E-state index contributed by atoms with van der Waals surface area (Å²) in [4.78, 5) is 17.6. The fraction of sp³-hybridized carbons (Fsp3) is 0.435. The van der Waals surface area contributed by atoms with E-state index in [9.17, 15) is 4.79 Å². The molecule has 1 saturated heterocycles. The van der Waals surface area contributed by atoms with Crippen molar-refractivity contribution >= 4 is 23.0 Å². The van der Waals surface area contributed by atoms with E-state index in [0.29, 0.717) is 11.3 Å². The molecule has 0 atom stereocenters. The zero-order valence-electron chi connectivity index (χ0n) is 17.5. The molecule has 0 spiro atoms. The molecule has 2 aromatic carbocycles. The Bertz CT molecular complexity index is 815. The third-order valence-electron chi connectivity index (χ3n) is 5.44. The van der Waals surface area contributed by atoms with E-state index in [4.69, 9.17) is 5.73 Å². The molecule has 5 heteroatoms. The van der Waals surface area contributed by atoms with Crippen LogP contribution in [0.15, 0.2) is 42.5 Å².